The Balaban J connectivity index is 1.90. The van der Waals surface area contributed by atoms with Crippen molar-refractivity contribution in [2.75, 3.05) is 0 Å². The summed E-state index contributed by atoms with van der Waals surface area (Å²) in [6.45, 7) is 11.5. The number of benzene rings is 2. The normalized spacial score (nSPS) is 12.6. The number of hydrogen-bond acceptors (Lipinski definition) is 1. The van der Waals surface area contributed by atoms with Gasteiger partial charge in [-0.2, -0.15) is 0 Å². The zero-order chi connectivity index (χ0) is 18.0. The topological polar surface area (TPSA) is 0 Å². The van der Waals surface area contributed by atoms with Crippen LogP contribution in [-0.4, -0.2) is 0 Å². The van der Waals surface area contributed by atoms with Gasteiger partial charge in [0.15, 0.2) is 0 Å². The molecule has 0 nitrogen and oxygen atoms in total. The maximum Gasteiger partial charge on any atom is 0.0342 e. The van der Waals surface area contributed by atoms with E-state index in [-0.39, 0.29) is 0 Å². The summed E-state index contributed by atoms with van der Waals surface area (Å²) in [4.78, 5) is 1.35. The van der Waals surface area contributed by atoms with Crippen LogP contribution < -0.4 is 0 Å². The highest BCUT2D eigenvalue weighted by atomic mass is 32.1. The number of thiophene rings is 1. The quantitative estimate of drug-likeness (QED) is 0.448. The van der Waals surface area contributed by atoms with Crippen molar-refractivity contribution in [2.24, 2.45) is 0 Å². The van der Waals surface area contributed by atoms with E-state index in [1.165, 1.54) is 38.3 Å². The molecule has 1 unspecified atom stereocenters. The van der Waals surface area contributed by atoms with Gasteiger partial charge in [-0.3, -0.25) is 0 Å². The molecule has 3 rings (SSSR count). The minimum Gasteiger partial charge on any atom is -0.144 e. The zero-order valence-corrected chi connectivity index (χ0v) is 16.8. The van der Waals surface area contributed by atoms with Gasteiger partial charge in [0.05, 0.1) is 0 Å². The summed E-state index contributed by atoms with van der Waals surface area (Å²) in [6.07, 6.45) is 1.09. The third kappa shape index (κ3) is 3.88. The predicted molar refractivity (Wildman–Crippen MR) is 112 cm³/mol. The highest BCUT2D eigenvalue weighted by Gasteiger charge is 2.15. The molecule has 0 saturated carbocycles. The van der Waals surface area contributed by atoms with Gasteiger partial charge < -0.3 is 0 Å². The second-order valence-electron chi connectivity index (χ2n) is 7.44. The van der Waals surface area contributed by atoms with Crippen LogP contribution in [0.5, 0.6) is 0 Å². The fourth-order valence-corrected chi connectivity index (χ4v) is 4.48. The Kier molecular flexibility index (Phi) is 5.44. The molecule has 0 spiro atoms. The molecule has 130 valence electrons. The zero-order valence-electron chi connectivity index (χ0n) is 16.0. The molecule has 0 amide bonds. The molecule has 25 heavy (non-hydrogen) atoms. The lowest BCUT2D eigenvalue weighted by molar-refractivity contribution is 0.741. The summed E-state index contributed by atoms with van der Waals surface area (Å²) in [5.74, 6) is 1.10. The maximum atomic E-state index is 2.39. The van der Waals surface area contributed by atoms with Crippen LogP contribution in [-0.2, 0) is 6.42 Å². The van der Waals surface area contributed by atoms with Crippen molar-refractivity contribution in [2.45, 2.75) is 52.9 Å². The van der Waals surface area contributed by atoms with Crippen LogP contribution >= 0.6 is 11.3 Å². The molecule has 3 aromatic rings. The van der Waals surface area contributed by atoms with Crippen LogP contribution in [0, 0.1) is 13.8 Å². The molecule has 0 bridgehead atoms. The fourth-order valence-electron chi connectivity index (χ4n) is 3.76. The van der Waals surface area contributed by atoms with E-state index >= 15 is 0 Å². The second kappa shape index (κ2) is 7.58. The first-order valence-electron chi connectivity index (χ1n) is 9.20. The molecule has 0 aliphatic heterocycles. The van der Waals surface area contributed by atoms with Gasteiger partial charge in [0.1, 0.15) is 0 Å². The first-order valence-corrected chi connectivity index (χ1v) is 10.1. The van der Waals surface area contributed by atoms with Crippen molar-refractivity contribution in [3.05, 3.63) is 81.7 Å². The Hall–Kier alpha value is -1.86. The Morgan fingerprint density at radius 3 is 2.32 bits per heavy atom. The van der Waals surface area contributed by atoms with Gasteiger partial charge in [0.25, 0.3) is 0 Å². The fraction of sp³-hybridized carbons (Fsp3) is 0.333. The molecule has 2 aromatic carbocycles. The number of hydrogen-bond donors (Lipinski definition) is 0. The molecule has 1 heteroatoms. The summed E-state index contributed by atoms with van der Waals surface area (Å²) >= 11 is 1.81. The van der Waals surface area contributed by atoms with Gasteiger partial charge in [0, 0.05) is 4.88 Å². The molecule has 0 aliphatic rings. The summed E-state index contributed by atoms with van der Waals surface area (Å²) in [5, 5.41) is 2.15. The van der Waals surface area contributed by atoms with E-state index in [0.29, 0.717) is 11.8 Å². The van der Waals surface area contributed by atoms with Crippen LogP contribution in [0.3, 0.4) is 0 Å². The SMILES string of the molecule is Cc1ccc(-c2cccs2)cc1CC(C)c1cccc(C(C)C)c1C. The predicted octanol–water partition coefficient (Wildman–Crippen LogP) is 7.50. The van der Waals surface area contributed by atoms with Crippen molar-refractivity contribution in [1.82, 2.24) is 0 Å². The average Bonchev–Trinajstić information content (AvgIpc) is 3.11. The highest BCUT2D eigenvalue weighted by Crippen LogP contribution is 2.32. The summed E-state index contributed by atoms with van der Waals surface area (Å²) in [7, 11) is 0. The van der Waals surface area contributed by atoms with E-state index in [1.54, 1.807) is 0 Å². The Bertz CT molecular complexity index is 841. The first kappa shape index (κ1) is 17.9. The van der Waals surface area contributed by atoms with Gasteiger partial charge in [-0.15, -0.1) is 11.3 Å². The Labute approximate surface area is 156 Å². The molecular formula is C24H28S. The second-order valence-corrected chi connectivity index (χ2v) is 8.39. The standard InChI is InChI=1S/C24H28S/c1-16(2)22-8-6-9-23(19(22)5)18(4)14-21-15-20(12-11-17(21)3)24-10-7-13-25-24/h6-13,15-16,18H,14H2,1-5H3. The van der Waals surface area contributed by atoms with Crippen molar-refractivity contribution in [3.8, 4) is 10.4 Å². The van der Waals surface area contributed by atoms with Gasteiger partial charge in [0.2, 0.25) is 0 Å². The molecule has 0 aliphatic carbocycles. The van der Waals surface area contributed by atoms with Crippen molar-refractivity contribution < 1.29 is 0 Å². The minimum absolute atomic E-state index is 0.524. The van der Waals surface area contributed by atoms with Crippen LogP contribution in [0.15, 0.2) is 53.9 Å². The number of aryl methyl sites for hydroxylation is 1. The smallest absolute Gasteiger partial charge is 0.0342 e. The molecule has 1 atom stereocenters. The molecule has 1 aromatic heterocycles. The molecule has 0 saturated heterocycles. The Morgan fingerprint density at radius 1 is 0.880 bits per heavy atom. The van der Waals surface area contributed by atoms with Gasteiger partial charge >= 0.3 is 0 Å². The molecular weight excluding hydrogens is 320 g/mol. The van der Waals surface area contributed by atoms with E-state index in [0.717, 1.165) is 6.42 Å². The molecule has 1 heterocycles. The van der Waals surface area contributed by atoms with Crippen LogP contribution in [0.4, 0.5) is 0 Å². The summed E-state index contributed by atoms with van der Waals surface area (Å²) in [6, 6.07) is 18.1. The monoisotopic (exact) mass is 348 g/mol. The molecule has 0 N–H and O–H groups in total. The van der Waals surface area contributed by atoms with E-state index in [2.05, 4.69) is 88.5 Å². The highest BCUT2D eigenvalue weighted by molar-refractivity contribution is 7.13. The van der Waals surface area contributed by atoms with Crippen molar-refractivity contribution >= 4 is 11.3 Å². The van der Waals surface area contributed by atoms with E-state index in [4.69, 9.17) is 0 Å². The third-order valence-corrected chi connectivity index (χ3v) is 6.17. The van der Waals surface area contributed by atoms with Crippen LogP contribution in [0.25, 0.3) is 10.4 Å². The lowest BCUT2D eigenvalue weighted by Gasteiger charge is -2.20. The average molecular weight is 349 g/mol. The Morgan fingerprint density at radius 2 is 1.64 bits per heavy atom. The van der Waals surface area contributed by atoms with Crippen molar-refractivity contribution in [3.63, 3.8) is 0 Å². The maximum absolute atomic E-state index is 2.39. The lowest BCUT2D eigenvalue weighted by Crippen LogP contribution is -2.05. The first-order chi connectivity index (χ1) is 12.0. The van der Waals surface area contributed by atoms with E-state index in [9.17, 15) is 0 Å². The number of rotatable bonds is 5. The van der Waals surface area contributed by atoms with E-state index in [1.807, 2.05) is 11.3 Å². The lowest BCUT2D eigenvalue weighted by atomic mass is 9.85. The summed E-state index contributed by atoms with van der Waals surface area (Å²) < 4.78 is 0. The van der Waals surface area contributed by atoms with Crippen molar-refractivity contribution in [1.29, 1.82) is 0 Å². The van der Waals surface area contributed by atoms with Crippen LogP contribution in [0.1, 0.15) is 60.4 Å². The summed E-state index contributed by atoms with van der Waals surface area (Å²) in [5.41, 5.74) is 8.64. The van der Waals surface area contributed by atoms with Crippen LogP contribution in [0.2, 0.25) is 0 Å². The molecule has 0 radical (unpaired) electrons. The van der Waals surface area contributed by atoms with E-state index < -0.39 is 0 Å². The minimum atomic E-state index is 0.524. The van der Waals surface area contributed by atoms with Gasteiger partial charge in [-0.05, 0) is 76.9 Å². The third-order valence-electron chi connectivity index (χ3n) is 5.25. The molecule has 0 fully saturated rings. The largest absolute Gasteiger partial charge is 0.144 e. The van der Waals surface area contributed by atoms with Gasteiger partial charge in [-0.1, -0.05) is 63.2 Å². The van der Waals surface area contributed by atoms with Gasteiger partial charge in [-0.25, -0.2) is 0 Å².